The van der Waals surface area contributed by atoms with Gasteiger partial charge in [0.1, 0.15) is 6.07 Å². The second-order valence-electron chi connectivity index (χ2n) is 2.93. The van der Waals surface area contributed by atoms with Crippen molar-refractivity contribution < 1.29 is 4.79 Å². The van der Waals surface area contributed by atoms with Gasteiger partial charge in [-0.2, -0.15) is 5.26 Å². The minimum Gasteiger partial charge on any atom is -0.328 e. The molecule has 15 heavy (non-hydrogen) atoms. The molecule has 4 nitrogen and oxygen atoms in total. The lowest BCUT2D eigenvalue weighted by Gasteiger charge is -2.04. The highest BCUT2D eigenvalue weighted by atomic mass is 16.1. The van der Waals surface area contributed by atoms with Crippen molar-refractivity contribution in [3.05, 3.63) is 36.0 Å². The molecule has 0 saturated heterocycles. The van der Waals surface area contributed by atoms with Crippen molar-refractivity contribution in [3.63, 3.8) is 0 Å². The van der Waals surface area contributed by atoms with Gasteiger partial charge in [0.05, 0.1) is 16.8 Å². The molecule has 0 atom stereocenters. The fraction of sp³-hybridized carbons (Fsp3) is 0. The molecule has 0 aliphatic rings. The van der Waals surface area contributed by atoms with E-state index in [9.17, 15) is 4.79 Å². The van der Waals surface area contributed by atoms with Crippen LogP contribution in [0, 0.1) is 11.3 Å². The molecule has 1 N–H and O–H groups in total. The molecule has 72 valence electrons. The Hall–Kier alpha value is -2.41. The molecular formula is C11H7N3O. The maximum atomic E-state index is 10.3. The van der Waals surface area contributed by atoms with E-state index in [0.717, 1.165) is 10.9 Å². The van der Waals surface area contributed by atoms with E-state index in [0.29, 0.717) is 17.7 Å². The fourth-order valence-electron chi connectivity index (χ4n) is 1.46. The first-order chi connectivity index (χ1) is 7.36. The lowest BCUT2D eigenvalue weighted by molar-refractivity contribution is -0.105. The van der Waals surface area contributed by atoms with Crippen molar-refractivity contribution in [3.8, 4) is 6.07 Å². The summed E-state index contributed by atoms with van der Waals surface area (Å²) in [6.45, 7) is 0. The minimum atomic E-state index is 0.438. The Morgan fingerprint density at radius 1 is 1.40 bits per heavy atom. The first kappa shape index (κ1) is 9.16. The summed E-state index contributed by atoms with van der Waals surface area (Å²) >= 11 is 0. The van der Waals surface area contributed by atoms with Crippen molar-refractivity contribution in [2.24, 2.45) is 0 Å². The third-order valence-corrected chi connectivity index (χ3v) is 2.11. The van der Waals surface area contributed by atoms with Gasteiger partial charge >= 0.3 is 0 Å². The number of rotatable bonds is 2. The summed E-state index contributed by atoms with van der Waals surface area (Å²) in [7, 11) is 0. The second-order valence-corrected chi connectivity index (χ2v) is 2.93. The third kappa shape index (κ3) is 1.51. The second kappa shape index (κ2) is 3.76. The van der Waals surface area contributed by atoms with Crippen LogP contribution in [-0.2, 0) is 4.79 Å². The topological polar surface area (TPSA) is 65.8 Å². The average Bonchev–Trinajstić information content (AvgIpc) is 2.29. The van der Waals surface area contributed by atoms with Crippen LogP contribution in [0.25, 0.3) is 10.9 Å². The third-order valence-electron chi connectivity index (χ3n) is 2.11. The van der Waals surface area contributed by atoms with Crippen LogP contribution in [-0.4, -0.2) is 11.4 Å². The van der Waals surface area contributed by atoms with Crippen LogP contribution in [0.15, 0.2) is 30.5 Å². The van der Waals surface area contributed by atoms with E-state index >= 15 is 0 Å². The lowest BCUT2D eigenvalue weighted by atomic mass is 10.1. The molecule has 0 fully saturated rings. The Balaban J connectivity index is 2.76. The SMILES string of the molecule is N#Cc1c(NC=O)ccc2ncccc12. The van der Waals surface area contributed by atoms with Crippen LogP contribution in [0.2, 0.25) is 0 Å². The molecule has 2 rings (SSSR count). The number of aromatic nitrogens is 1. The summed E-state index contributed by atoms with van der Waals surface area (Å²) in [6, 6.07) is 9.06. The summed E-state index contributed by atoms with van der Waals surface area (Å²) in [4.78, 5) is 14.5. The predicted octanol–water partition coefficient (Wildman–Crippen LogP) is 1.67. The van der Waals surface area contributed by atoms with Gasteiger partial charge in [-0.25, -0.2) is 0 Å². The van der Waals surface area contributed by atoms with Crippen molar-refractivity contribution in [2.75, 3.05) is 5.32 Å². The maximum Gasteiger partial charge on any atom is 0.211 e. The molecule has 0 spiro atoms. The number of hydrogen-bond donors (Lipinski definition) is 1. The van der Waals surface area contributed by atoms with E-state index in [1.54, 1.807) is 30.5 Å². The van der Waals surface area contributed by atoms with Crippen LogP contribution in [0.3, 0.4) is 0 Å². The van der Waals surface area contributed by atoms with Crippen LogP contribution < -0.4 is 5.32 Å². The summed E-state index contributed by atoms with van der Waals surface area (Å²) < 4.78 is 0. The monoisotopic (exact) mass is 197 g/mol. The van der Waals surface area contributed by atoms with E-state index in [1.165, 1.54) is 0 Å². The molecule has 2 aromatic rings. The number of carbonyl (C=O) groups is 1. The van der Waals surface area contributed by atoms with Crippen molar-refractivity contribution in [2.45, 2.75) is 0 Å². The number of nitrogens with zero attached hydrogens (tertiary/aromatic N) is 2. The number of pyridine rings is 1. The molecule has 1 aromatic heterocycles. The fourth-order valence-corrected chi connectivity index (χ4v) is 1.46. The Morgan fingerprint density at radius 2 is 2.27 bits per heavy atom. The molecule has 0 bridgehead atoms. The number of benzene rings is 1. The highest BCUT2D eigenvalue weighted by Crippen LogP contribution is 2.23. The van der Waals surface area contributed by atoms with E-state index in [-0.39, 0.29) is 0 Å². The normalized spacial score (nSPS) is 9.53. The lowest BCUT2D eigenvalue weighted by Crippen LogP contribution is -1.97. The maximum absolute atomic E-state index is 10.3. The Labute approximate surface area is 86.2 Å². The molecule has 0 radical (unpaired) electrons. The van der Waals surface area contributed by atoms with Gasteiger partial charge in [-0.15, -0.1) is 0 Å². The van der Waals surface area contributed by atoms with E-state index in [1.807, 2.05) is 0 Å². The quantitative estimate of drug-likeness (QED) is 0.745. The van der Waals surface area contributed by atoms with Crippen LogP contribution >= 0.6 is 0 Å². The standard InChI is InChI=1S/C11H7N3O/c12-6-9-8-2-1-5-13-10(8)3-4-11(9)14-7-15/h1-5,7H,(H,14,15). The molecular weight excluding hydrogens is 190 g/mol. The van der Waals surface area contributed by atoms with Gasteiger partial charge in [-0.1, -0.05) is 0 Å². The molecule has 1 amide bonds. The number of nitrogens with one attached hydrogen (secondary N) is 1. The molecule has 0 unspecified atom stereocenters. The van der Waals surface area contributed by atoms with Gasteiger partial charge in [0, 0.05) is 11.6 Å². The number of fused-ring (bicyclic) bond motifs is 1. The summed E-state index contributed by atoms with van der Waals surface area (Å²) in [6.07, 6.45) is 2.22. The number of amides is 1. The number of carbonyl (C=O) groups excluding carboxylic acids is 1. The summed E-state index contributed by atoms with van der Waals surface area (Å²) in [5.74, 6) is 0. The molecule has 1 heterocycles. The zero-order chi connectivity index (χ0) is 10.7. The predicted molar refractivity (Wildman–Crippen MR) is 56.1 cm³/mol. The first-order valence-corrected chi connectivity index (χ1v) is 4.35. The van der Waals surface area contributed by atoms with Crippen molar-refractivity contribution >= 4 is 23.0 Å². The number of anilines is 1. The summed E-state index contributed by atoms with van der Waals surface area (Å²) in [5, 5.41) is 12.2. The van der Waals surface area contributed by atoms with Gasteiger partial charge in [-0.05, 0) is 24.3 Å². The number of nitriles is 1. The minimum absolute atomic E-state index is 0.438. The van der Waals surface area contributed by atoms with Gasteiger partial charge in [0.15, 0.2) is 0 Å². The Kier molecular flexibility index (Phi) is 2.30. The van der Waals surface area contributed by atoms with E-state index in [2.05, 4.69) is 16.4 Å². The van der Waals surface area contributed by atoms with Gasteiger partial charge < -0.3 is 5.32 Å². The van der Waals surface area contributed by atoms with Crippen LogP contribution in [0.1, 0.15) is 5.56 Å². The highest BCUT2D eigenvalue weighted by molar-refractivity contribution is 5.92. The Bertz CT molecular complexity index is 557. The van der Waals surface area contributed by atoms with E-state index in [4.69, 9.17) is 5.26 Å². The largest absolute Gasteiger partial charge is 0.328 e. The average molecular weight is 197 g/mol. The molecule has 4 heteroatoms. The van der Waals surface area contributed by atoms with Crippen LogP contribution in [0.5, 0.6) is 0 Å². The van der Waals surface area contributed by atoms with Crippen molar-refractivity contribution in [1.29, 1.82) is 5.26 Å². The van der Waals surface area contributed by atoms with Gasteiger partial charge in [-0.3, -0.25) is 9.78 Å². The molecule has 0 saturated carbocycles. The molecule has 1 aromatic carbocycles. The smallest absolute Gasteiger partial charge is 0.211 e. The molecule has 0 aliphatic heterocycles. The molecule has 0 aliphatic carbocycles. The van der Waals surface area contributed by atoms with Crippen molar-refractivity contribution in [1.82, 2.24) is 4.98 Å². The number of hydrogen-bond acceptors (Lipinski definition) is 3. The summed E-state index contributed by atoms with van der Waals surface area (Å²) in [5.41, 5.74) is 1.69. The highest BCUT2D eigenvalue weighted by Gasteiger charge is 2.06. The Morgan fingerprint density at radius 3 is 3.00 bits per heavy atom. The zero-order valence-corrected chi connectivity index (χ0v) is 7.77. The van der Waals surface area contributed by atoms with Crippen LogP contribution in [0.4, 0.5) is 5.69 Å². The van der Waals surface area contributed by atoms with Gasteiger partial charge in [0.2, 0.25) is 6.41 Å². The van der Waals surface area contributed by atoms with E-state index < -0.39 is 0 Å². The zero-order valence-electron chi connectivity index (χ0n) is 7.77. The van der Waals surface area contributed by atoms with Gasteiger partial charge in [0.25, 0.3) is 0 Å². The first-order valence-electron chi connectivity index (χ1n) is 4.35.